The van der Waals surface area contributed by atoms with Gasteiger partial charge in [0.2, 0.25) is 0 Å². The fourth-order valence-electron chi connectivity index (χ4n) is 3.16. The van der Waals surface area contributed by atoms with Gasteiger partial charge in [0.05, 0.1) is 11.4 Å². The molecule has 2 aromatic rings. The van der Waals surface area contributed by atoms with Crippen LogP contribution < -0.4 is 10.6 Å². The number of pyridine rings is 2. The van der Waals surface area contributed by atoms with Crippen molar-refractivity contribution in [3.8, 4) is 0 Å². The third-order valence-corrected chi connectivity index (χ3v) is 4.82. The number of halogens is 3. The van der Waals surface area contributed by atoms with E-state index in [4.69, 9.17) is 0 Å². The van der Waals surface area contributed by atoms with E-state index in [2.05, 4.69) is 20.6 Å². The molecule has 0 aliphatic carbocycles. The lowest BCUT2D eigenvalue weighted by Gasteiger charge is -2.24. The smallest absolute Gasteiger partial charge is 0.385 e. The summed E-state index contributed by atoms with van der Waals surface area (Å²) >= 11 is 0. The highest BCUT2D eigenvalue weighted by Gasteiger charge is 2.34. The number of β-amino-alcohol motifs (C(OH)–C–C–N with tert-alkyl or cyclic N) is 2. The maximum absolute atomic E-state index is 13.5. The van der Waals surface area contributed by atoms with Crippen molar-refractivity contribution >= 4 is 0 Å². The molecule has 2 atom stereocenters. The third kappa shape index (κ3) is 9.00. The number of aliphatic hydroxyl groups excluding tert-OH is 2. The quantitative estimate of drug-likeness (QED) is 0.470. The zero-order valence-corrected chi connectivity index (χ0v) is 20.1. The van der Waals surface area contributed by atoms with E-state index < -0.39 is 24.1 Å². The van der Waals surface area contributed by atoms with Crippen LogP contribution in [0.1, 0.15) is 82.0 Å². The van der Waals surface area contributed by atoms with Crippen LogP contribution in [0.25, 0.3) is 0 Å². The van der Waals surface area contributed by atoms with Crippen LogP contribution in [0.3, 0.4) is 0 Å². The lowest BCUT2D eigenvalue weighted by atomic mass is 9.98. The number of nitrogens with one attached hydrogen (secondary N) is 2. The standard InChI is InChI=1S/C24H35F3N4O2/c1-22(2,3)29-13-18(32)17-11-15(12-20(31-17)24(25,26)27)10-16-8-7-9-28-21(16)19(33)14-30-23(4,5)6/h7-9,11-12,18-19,29-30,32-33H,10,13-14H2,1-6H3/t18-,19-/m0/s1. The molecule has 0 saturated heterocycles. The van der Waals surface area contributed by atoms with Gasteiger partial charge in [-0.1, -0.05) is 6.07 Å². The summed E-state index contributed by atoms with van der Waals surface area (Å²) in [5.41, 5.74) is -0.318. The Morgan fingerprint density at radius 2 is 1.48 bits per heavy atom. The second-order valence-corrected chi connectivity index (χ2v) is 10.3. The summed E-state index contributed by atoms with van der Waals surface area (Å²) in [5, 5.41) is 27.4. The molecule has 0 amide bonds. The summed E-state index contributed by atoms with van der Waals surface area (Å²) in [7, 11) is 0. The van der Waals surface area contributed by atoms with Gasteiger partial charge in [-0.05, 0) is 77.3 Å². The van der Waals surface area contributed by atoms with Crippen molar-refractivity contribution in [1.82, 2.24) is 20.6 Å². The number of alkyl halides is 3. The van der Waals surface area contributed by atoms with Gasteiger partial charge in [-0.25, -0.2) is 4.98 Å². The second kappa shape index (κ2) is 10.5. The van der Waals surface area contributed by atoms with E-state index >= 15 is 0 Å². The molecule has 0 bridgehead atoms. The highest BCUT2D eigenvalue weighted by Crippen LogP contribution is 2.31. The van der Waals surface area contributed by atoms with Gasteiger partial charge in [0.1, 0.15) is 17.9 Å². The van der Waals surface area contributed by atoms with Gasteiger partial charge in [0.25, 0.3) is 0 Å². The van der Waals surface area contributed by atoms with E-state index in [1.807, 2.05) is 41.5 Å². The van der Waals surface area contributed by atoms with Crippen LogP contribution in [0.4, 0.5) is 13.2 Å². The molecule has 0 unspecified atom stereocenters. The minimum Gasteiger partial charge on any atom is -0.385 e. The van der Waals surface area contributed by atoms with Crippen LogP contribution in [0, 0.1) is 0 Å². The SMILES string of the molecule is CC(C)(C)NC[C@H](O)c1cc(Cc2cccnc2[C@@H](O)CNC(C)(C)C)cc(C(F)(F)F)n1. The largest absolute Gasteiger partial charge is 0.433 e. The highest BCUT2D eigenvalue weighted by molar-refractivity contribution is 5.33. The summed E-state index contributed by atoms with van der Waals surface area (Å²) < 4.78 is 40.6. The maximum atomic E-state index is 13.5. The Morgan fingerprint density at radius 1 is 0.909 bits per heavy atom. The number of aromatic nitrogens is 2. The van der Waals surface area contributed by atoms with E-state index in [1.54, 1.807) is 18.3 Å². The fourth-order valence-corrected chi connectivity index (χ4v) is 3.16. The molecule has 6 nitrogen and oxygen atoms in total. The first-order chi connectivity index (χ1) is 15.0. The van der Waals surface area contributed by atoms with Gasteiger partial charge in [0, 0.05) is 30.4 Å². The van der Waals surface area contributed by atoms with Crippen LogP contribution >= 0.6 is 0 Å². The molecule has 0 spiro atoms. The van der Waals surface area contributed by atoms with Crippen molar-refractivity contribution in [3.63, 3.8) is 0 Å². The molecule has 0 saturated carbocycles. The van der Waals surface area contributed by atoms with Crippen LogP contribution in [0.2, 0.25) is 0 Å². The summed E-state index contributed by atoms with van der Waals surface area (Å²) in [5.74, 6) is 0. The fraction of sp³-hybridized carbons (Fsp3) is 0.583. The Kier molecular flexibility index (Phi) is 8.62. The predicted molar refractivity (Wildman–Crippen MR) is 122 cm³/mol. The molecule has 4 N–H and O–H groups in total. The van der Waals surface area contributed by atoms with Gasteiger partial charge in [-0.15, -0.1) is 0 Å². The summed E-state index contributed by atoms with van der Waals surface area (Å²) in [6, 6.07) is 5.86. The topological polar surface area (TPSA) is 90.3 Å². The van der Waals surface area contributed by atoms with Crippen LogP contribution in [-0.2, 0) is 12.6 Å². The Hall–Kier alpha value is -2.07. The minimum absolute atomic E-state index is 0.0584. The molecule has 2 aromatic heterocycles. The maximum Gasteiger partial charge on any atom is 0.433 e. The number of hydrogen-bond acceptors (Lipinski definition) is 6. The van der Waals surface area contributed by atoms with E-state index in [0.717, 1.165) is 6.07 Å². The van der Waals surface area contributed by atoms with Gasteiger partial charge >= 0.3 is 6.18 Å². The molecule has 9 heteroatoms. The number of rotatable bonds is 8. The lowest BCUT2D eigenvalue weighted by molar-refractivity contribution is -0.141. The molecule has 0 radical (unpaired) electrons. The van der Waals surface area contributed by atoms with E-state index in [0.29, 0.717) is 16.8 Å². The normalized spacial score (nSPS) is 14.9. The van der Waals surface area contributed by atoms with Crippen LogP contribution in [-0.4, -0.2) is 44.3 Å². The van der Waals surface area contributed by atoms with Gasteiger partial charge in [-0.2, -0.15) is 13.2 Å². The molecule has 2 rings (SSSR count). The average molecular weight is 469 g/mol. The molecule has 0 aliphatic rings. The molecule has 0 aromatic carbocycles. The molecular formula is C24H35F3N4O2. The monoisotopic (exact) mass is 468 g/mol. The molecule has 33 heavy (non-hydrogen) atoms. The zero-order valence-electron chi connectivity index (χ0n) is 20.1. The van der Waals surface area contributed by atoms with E-state index in [9.17, 15) is 23.4 Å². The molecule has 2 heterocycles. The third-order valence-electron chi connectivity index (χ3n) is 4.82. The van der Waals surface area contributed by atoms with Crippen molar-refractivity contribution in [3.05, 3.63) is 58.7 Å². The minimum atomic E-state index is -4.66. The Bertz CT molecular complexity index is 921. The van der Waals surface area contributed by atoms with Crippen molar-refractivity contribution in [2.24, 2.45) is 0 Å². The predicted octanol–water partition coefficient (Wildman–Crippen LogP) is 3.93. The van der Waals surface area contributed by atoms with Crippen molar-refractivity contribution < 1.29 is 23.4 Å². The Balaban J connectivity index is 2.35. The average Bonchev–Trinajstić information content (AvgIpc) is 2.68. The van der Waals surface area contributed by atoms with Crippen molar-refractivity contribution in [2.45, 2.75) is 77.4 Å². The summed E-state index contributed by atoms with van der Waals surface area (Å²) in [6.07, 6.45) is -5.14. The second-order valence-electron chi connectivity index (χ2n) is 10.3. The molecule has 0 aliphatic heterocycles. The van der Waals surface area contributed by atoms with Crippen LogP contribution in [0.5, 0.6) is 0 Å². The molecular weight excluding hydrogens is 433 g/mol. The number of nitrogens with zero attached hydrogens (tertiary/aromatic N) is 2. The first kappa shape index (κ1) is 27.2. The Morgan fingerprint density at radius 3 is 2.03 bits per heavy atom. The van der Waals surface area contributed by atoms with Crippen LogP contribution in [0.15, 0.2) is 30.5 Å². The van der Waals surface area contributed by atoms with E-state index in [-0.39, 0.29) is 36.3 Å². The van der Waals surface area contributed by atoms with Gasteiger partial charge in [-0.3, -0.25) is 4.98 Å². The summed E-state index contributed by atoms with van der Waals surface area (Å²) in [4.78, 5) is 7.94. The number of hydrogen-bond donors (Lipinski definition) is 4. The van der Waals surface area contributed by atoms with Crippen molar-refractivity contribution in [2.75, 3.05) is 13.1 Å². The first-order valence-electron chi connectivity index (χ1n) is 10.9. The molecule has 184 valence electrons. The van der Waals surface area contributed by atoms with Crippen molar-refractivity contribution in [1.29, 1.82) is 0 Å². The molecule has 0 fully saturated rings. The first-order valence-corrected chi connectivity index (χ1v) is 10.9. The zero-order chi connectivity index (χ0) is 25.0. The van der Waals surface area contributed by atoms with Gasteiger partial charge in [0.15, 0.2) is 0 Å². The Labute approximate surface area is 193 Å². The lowest BCUT2D eigenvalue weighted by Crippen LogP contribution is -2.39. The van der Waals surface area contributed by atoms with E-state index in [1.165, 1.54) is 6.07 Å². The summed E-state index contributed by atoms with van der Waals surface area (Å²) in [6.45, 7) is 11.9. The highest BCUT2D eigenvalue weighted by atomic mass is 19.4. The number of aliphatic hydroxyl groups is 2. The van der Waals surface area contributed by atoms with Gasteiger partial charge < -0.3 is 20.8 Å².